The third-order valence-corrected chi connectivity index (χ3v) is 5.85. The molecule has 0 spiro atoms. The van der Waals surface area contributed by atoms with Crippen LogP contribution in [0.2, 0.25) is 0 Å². The van der Waals surface area contributed by atoms with Gasteiger partial charge < -0.3 is 10.8 Å². The van der Waals surface area contributed by atoms with Crippen LogP contribution >= 0.6 is 24.4 Å². The minimum Gasteiger partial charge on any atom is -0.391 e. The second-order valence-corrected chi connectivity index (χ2v) is 7.95. The molecule has 0 saturated heterocycles. The summed E-state index contributed by atoms with van der Waals surface area (Å²) in [6.45, 7) is 5.75. The van der Waals surface area contributed by atoms with Gasteiger partial charge in [-0.2, -0.15) is 12.6 Å². The van der Waals surface area contributed by atoms with Crippen molar-refractivity contribution in [2.75, 3.05) is 5.75 Å². The average molecular weight is 328 g/mol. The number of carbonyl (C=O) groups excluding carboxylic acids is 1. The first kappa shape index (κ1) is 18.4. The number of amides is 1. The Morgan fingerprint density at radius 3 is 2.43 bits per heavy atom. The predicted molar refractivity (Wildman–Crippen MR) is 93.7 cm³/mol. The molecule has 5 heteroatoms. The highest BCUT2D eigenvalue weighted by molar-refractivity contribution is 8.02. The van der Waals surface area contributed by atoms with Crippen molar-refractivity contribution in [2.24, 2.45) is 11.7 Å². The molecule has 0 bridgehead atoms. The molecule has 0 aliphatic heterocycles. The van der Waals surface area contributed by atoms with Gasteiger partial charge in [-0.1, -0.05) is 44.2 Å². The molecular weight excluding hydrogens is 302 g/mol. The van der Waals surface area contributed by atoms with Crippen LogP contribution in [-0.2, 0) is 4.79 Å². The summed E-state index contributed by atoms with van der Waals surface area (Å²) in [5, 5.41) is 10.3. The Hall–Kier alpha value is -0.650. The summed E-state index contributed by atoms with van der Waals surface area (Å²) in [4.78, 5) is 11.8. The molecule has 21 heavy (non-hydrogen) atoms. The number of rotatable bonds is 8. The summed E-state index contributed by atoms with van der Waals surface area (Å²) in [6.07, 6.45) is -0.203. The van der Waals surface area contributed by atoms with Crippen molar-refractivity contribution in [2.45, 2.75) is 43.3 Å². The number of carbonyl (C=O) groups is 1. The van der Waals surface area contributed by atoms with Gasteiger partial charge in [0.05, 0.1) is 6.10 Å². The van der Waals surface area contributed by atoms with Crippen molar-refractivity contribution in [1.29, 1.82) is 0 Å². The summed E-state index contributed by atoms with van der Waals surface area (Å²) >= 11 is 5.97. The summed E-state index contributed by atoms with van der Waals surface area (Å²) in [6, 6.07) is 9.89. The molecular formula is C16H25NO2S2. The molecule has 0 saturated carbocycles. The Morgan fingerprint density at radius 2 is 1.95 bits per heavy atom. The maximum atomic E-state index is 11.8. The van der Waals surface area contributed by atoms with Crippen molar-refractivity contribution >= 4 is 30.3 Å². The monoisotopic (exact) mass is 327 g/mol. The van der Waals surface area contributed by atoms with E-state index in [4.69, 9.17) is 5.73 Å². The number of nitrogens with two attached hydrogens (primary N) is 1. The van der Waals surface area contributed by atoms with Crippen molar-refractivity contribution in [1.82, 2.24) is 0 Å². The van der Waals surface area contributed by atoms with E-state index >= 15 is 0 Å². The Kier molecular flexibility index (Phi) is 7.10. The van der Waals surface area contributed by atoms with Crippen LogP contribution in [0.5, 0.6) is 0 Å². The minimum absolute atomic E-state index is 0.00104. The third kappa shape index (κ3) is 5.24. The predicted octanol–water partition coefficient (Wildman–Crippen LogP) is 3.04. The Balaban J connectivity index is 2.73. The van der Waals surface area contributed by atoms with E-state index in [0.29, 0.717) is 18.1 Å². The van der Waals surface area contributed by atoms with Gasteiger partial charge in [0.15, 0.2) is 0 Å². The van der Waals surface area contributed by atoms with Crippen LogP contribution in [0.1, 0.15) is 38.0 Å². The van der Waals surface area contributed by atoms with Crippen LogP contribution in [0.15, 0.2) is 30.3 Å². The van der Waals surface area contributed by atoms with E-state index in [9.17, 15) is 9.90 Å². The van der Waals surface area contributed by atoms with E-state index < -0.39 is 16.8 Å². The molecule has 1 rings (SSSR count). The molecule has 0 aliphatic carbocycles. The van der Waals surface area contributed by atoms with Crippen molar-refractivity contribution in [3.63, 3.8) is 0 Å². The maximum absolute atomic E-state index is 11.8. The molecule has 0 aromatic heterocycles. The molecule has 0 aliphatic rings. The van der Waals surface area contributed by atoms with Crippen molar-refractivity contribution in [3.8, 4) is 0 Å². The standard InChI is InChI=1S/C16H25NO2S2/c1-11(2)9-14(18)16(3,15(17)19)21-10-13(20)12-7-5-4-6-8-12/h4-8,11,13-14,18,20H,9-10H2,1-3H3,(H2,17,19)/t13?,14?,16-/m0/s1. The molecule has 1 aromatic carbocycles. The lowest BCUT2D eigenvalue weighted by Crippen LogP contribution is -2.48. The SMILES string of the molecule is CC(C)CC(O)[C@](C)(SCC(S)c1ccccc1)C(N)=O. The first-order valence-corrected chi connectivity index (χ1v) is 8.62. The van der Waals surface area contributed by atoms with E-state index in [0.717, 1.165) is 5.56 Å². The van der Waals surface area contributed by atoms with Gasteiger partial charge in [0.1, 0.15) is 4.75 Å². The molecule has 1 aromatic rings. The highest BCUT2D eigenvalue weighted by Gasteiger charge is 2.40. The fourth-order valence-electron chi connectivity index (χ4n) is 2.03. The molecule has 2 unspecified atom stereocenters. The molecule has 3 N–H and O–H groups in total. The largest absolute Gasteiger partial charge is 0.391 e. The highest BCUT2D eigenvalue weighted by atomic mass is 32.2. The van der Waals surface area contributed by atoms with Crippen LogP contribution in [0.25, 0.3) is 0 Å². The topological polar surface area (TPSA) is 63.3 Å². The van der Waals surface area contributed by atoms with E-state index in [1.165, 1.54) is 11.8 Å². The smallest absolute Gasteiger partial charge is 0.236 e. The minimum atomic E-state index is -0.986. The molecule has 0 radical (unpaired) electrons. The first-order chi connectivity index (χ1) is 9.77. The molecule has 3 nitrogen and oxygen atoms in total. The van der Waals surface area contributed by atoms with Gasteiger partial charge in [-0.15, -0.1) is 11.8 Å². The molecule has 0 heterocycles. The van der Waals surface area contributed by atoms with Crippen molar-refractivity contribution in [3.05, 3.63) is 35.9 Å². The maximum Gasteiger partial charge on any atom is 0.236 e. The molecule has 0 fully saturated rings. The fourth-order valence-corrected chi connectivity index (χ4v) is 3.55. The number of benzene rings is 1. The molecule has 3 atom stereocenters. The molecule has 1 amide bonds. The quantitative estimate of drug-likeness (QED) is 0.643. The Bertz CT molecular complexity index is 453. The van der Waals surface area contributed by atoms with Gasteiger partial charge in [-0.05, 0) is 24.8 Å². The van der Waals surface area contributed by atoms with Gasteiger partial charge >= 0.3 is 0 Å². The zero-order chi connectivity index (χ0) is 16.0. The fraction of sp³-hybridized carbons (Fsp3) is 0.562. The van der Waals surface area contributed by atoms with Crippen LogP contribution in [0.3, 0.4) is 0 Å². The second-order valence-electron chi connectivity index (χ2n) is 5.85. The van der Waals surface area contributed by atoms with Crippen LogP contribution < -0.4 is 5.73 Å². The van der Waals surface area contributed by atoms with Gasteiger partial charge in [0, 0.05) is 11.0 Å². The summed E-state index contributed by atoms with van der Waals surface area (Å²) in [7, 11) is 0. The Labute approximate surface area is 137 Å². The lowest BCUT2D eigenvalue weighted by molar-refractivity contribution is -0.122. The van der Waals surface area contributed by atoms with E-state index in [2.05, 4.69) is 12.6 Å². The number of aliphatic hydroxyl groups excluding tert-OH is 1. The van der Waals surface area contributed by atoms with E-state index in [-0.39, 0.29) is 5.25 Å². The number of aliphatic hydroxyl groups is 1. The lowest BCUT2D eigenvalue weighted by Gasteiger charge is -2.32. The summed E-state index contributed by atoms with van der Waals surface area (Å²) in [5.41, 5.74) is 6.62. The second kappa shape index (κ2) is 8.11. The number of thiol groups is 1. The summed E-state index contributed by atoms with van der Waals surface area (Å²) < 4.78 is -0.986. The Morgan fingerprint density at radius 1 is 1.38 bits per heavy atom. The first-order valence-electron chi connectivity index (χ1n) is 7.12. The van der Waals surface area contributed by atoms with Crippen LogP contribution in [0.4, 0.5) is 0 Å². The third-order valence-electron chi connectivity index (χ3n) is 3.55. The van der Waals surface area contributed by atoms with Gasteiger partial charge in [-0.25, -0.2) is 0 Å². The van der Waals surface area contributed by atoms with Crippen LogP contribution in [0, 0.1) is 5.92 Å². The van der Waals surface area contributed by atoms with Gasteiger partial charge in [0.25, 0.3) is 0 Å². The number of thioether (sulfide) groups is 1. The highest BCUT2D eigenvalue weighted by Crippen LogP contribution is 2.36. The zero-order valence-electron chi connectivity index (χ0n) is 12.8. The number of hydrogen-bond donors (Lipinski definition) is 3. The summed E-state index contributed by atoms with van der Waals surface area (Å²) in [5.74, 6) is 0.441. The number of hydrogen-bond acceptors (Lipinski definition) is 4. The number of primary amides is 1. The van der Waals surface area contributed by atoms with Gasteiger partial charge in [-0.3, -0.25) is 4.79 Å². The van der Waals surface area contributed by atoms with E-state index in [1.807, 2.05) is 44.2 Å². The van der Waals surface area contributed by atoms with Gasteiger partial charge in [0.2, 0.25) is 5.91 Å². The van der Waals surface area contributed by atoms with Crippen LogP contribution in [-0.4, -0.2) is 27.6 Å². The van der Waals surface area contributed by atoms with E-state index in [1.54, 1.807) is 6.92 Å². The van der Waals surface area contributed by atoms with Crippen molar-refractivity contribution < 1.29 is 9.90 Å². The average Bonchev–Trinajstić information content (AvgIpc) is 2.44. The zero-order valence-corrected chi connectivity index (χ0v) is 14.5. The normalized spacial score (nSPS) is 17.2. The lowest BCUT2D eigenvalue weighted by atomic mass is 9.94. The molecule has 118 valence electrons.